The zero-order chi connectivity index (χ0) is 15.7. The van der Waals surface area contributed by atoms with E-state index in [4.69, 9.17) is 25.8 Å². The highest BCUT2D eigenvalue weighted by molar-refractivity contribution is 6.31. The summed E-state index contributed by atoms with van der Waals surface area (Å²) in [4.78, 5) is 4.24. The fourth-order valence-corrected chi connectivity index (χ4v) is 1.72. The molecular formula is C15H25ClN2O3. The Hall–Kier alpha value is -0.880. The minimum Gasteiger partial charge on any atom is -0.474 e. The van der Waals surface area contributed by atoms with Crippen LogP contribution in [-0.4, -0.2) is 44.1 Å². The standard InChI is InChI=1S/C15H25ClN2O3/c1-15(2,3)18-11-12-9-13(16)14(17-10-12)21-8-7-20-6-5-19-4/h9-10,18H,5-8,11H2,1-4H3. The largest absolute Gasteiger partial charge is 0.474 e. The minimum atomic E-state index is 0.0567. The third-order valence-electron chi connectivity index (χ3n) is 2.59. The smallest absolute Gasteiger partial charge is 0.232 e. The minimum absolute atomic E-state index is 0.0567. The number of ether oxygens (including phenoxy) is 3. The second-order valence-electron chi connectivity index (χ2n) is 5.69. The molecule has 5 nitrogen and oxygen atoms in total. The molecule has 1 aromatic heterocycles. The number of halogens is 1. The fraction of sp³-hybridized carbons (Fsp3) is 0.667. The third kappa shape index (κ3) is 8.21. The molecule has 0 atom stereocenters. The molecule has 6 heteroatoms. The van der Waals surface area contributed by atoms with Crippen LogP contribution in [0.5, 0.6) is 5.88 Å². The SMILES string of the molecule is COCCOCCOc1ncc(CNC(C)(C)C)cc1Cl. The second-order valence-corrected chi connectivity index (χ2v) is 6.09. The first-order valence-corrected chi connectivity index (χ1v) is 7.39. The van der Waals surface area contributed by atoms with Crippen LogP contribution in [0.2, 0.25) is 5.02 Å². The van der Waals surface area contributed by atoms with Crippen molar-refractivity contribution in [2.75, 3.05) is 33.5 Å². The highest BCUT2D eigenvalue weighted by atomic mass is 35.5. The Morgan fingerprint density at radius 2 is 1.90 bits per heavy atom. The Labute approximate surface area is 131 Å². The molecule has 0 aliphatic heterocycles. The number of pyridine rings is 1. The predicted octanol–water partition coefficient (Wildman–Crippen LogP) is 2.66. The number of rotatable bonds is 9. The molecule has 0 saturated carbocycles. The van der Waals surface area contributed by atoms with Crippen molar-refractivity contribution in [2.24, 2.45) is 0 Å². The maximum atomic E-state index is 6.17. The number of nitrogens with one attached hydrogen (secondary N) is 1. The van der Waals surface area contributed by atoms with Crippen molar-refractivity contribution in [3.05, 3.63) is 22.8 Å². The third-order valence-corrected chi connectivity index (χ3v) is 2.86. The lowest BCUT2D eigenvalue weighted by atomic mass is 10.1. The number of nitrogens with zero attached hydrogens (tertiary/aromatic N) is 1. The van der Waals surface area contributed by atoms with Crippen molar-refractivity contribution < 1.29 is 14.2 Å². The van der Waals surface area contributed by atoms with Gasteiger partial charge in [0.1, 0.15) is 11.6 Å². The molecule has 1 rings (SSSR count). The summed E-state index contributed by atoms with van der Waals surface area (Å²) in [5.41, 5.74) is 1.08. The van der Waals surface area contributed by atoms with E-state index in [0.29, 0.717) is 37.3 Å². The lowest BCUT2D eigenvalue weighted by Gasteiger charge is -2.20. The van der Waals surface area contributed by atoms with Crippen LogP contribution in [-0.2, 0) is 16.0 Å². The molecule has 1 N–H and O–H groups in total. The van der Waals surface area contributed by atoms with Gasteiger partial charge in [0.2, 0.25) is 5.88 Å². The van der Waals surface area contributed by atoms with Gasteiger partial charge in [-0.25, -0.2) is 4.98 Å². The van der Waals surface area contributed by atoms with E-state index in [0.717, 1.165) is 12.1 Å². The first kappa shape index (κ1) is 18.2. The van der Waals surface area contributed by atoms with Gasteiger partial charge in [0.15, 0.2) is 0 Å². The van der Waals surface area contributed by atoms with Crippen LogP contribution in [0.1, 0.15) is 26.3 Å². The number of methoxy groups -OCH3 is 1. The van der Waals surface area contributed by atoms with Crippen molar-refractivity contribution >= 4 is 11.6 Å². The zero-order valence-electron chi connectivity index (χ0n) is 13.2. The predicted molar refractivity (Wildman–Crippen MR) is 84.0 cm³/mol. The summed E-state index contributed by atoms with van der Waals surface area (Å²) in [6.45, 7) is 9.09. The van der Waals surface area contributed by atoms with E-state index in [1.165, 1.54) is 0 Å². The Kier molecular flexibility index (Phi) is 7.96. The van der Waals surface area contributed by atoms with E-state index >= 15 is 0 Å². The molecule has 1 aromatic rings. The van der Waals surface area contributed by atoms with Crippen LogP contribution in [0.25, 0.3) is 0 Å². The van der Waals surface area contributed by atoms with Crippen LogP contribution in [0, 0.1) is 0 Å². The molecule has 21 heavy (non-hydrogen) atoms. The molecule has 0 radical (unpaired) electrons. The Balaban J connectivity index is 2.36. The van der Waals surface area contributed by atoms with Crippen molar-refractivity contribution in [2.45, 2.75) is 32.9 Å². The fourth-order valence-electron chi connectivity index (χ4n) is 1.48. The lowest BCUT2D eigenvalue weighted by molar-refractivity contribution is 0.0537. The van der Waals surface area contributed by atoms with Gasteiger partial charge in [-0.2, -0.15) is 0 Å². The molecule has 0 aliphatic rings. The van der Waals surface area contributed by atoms with E-state index in [1.807, 2.05) is 6.07 Å². The van der Waals surface area contributed by atoms with Crippen LogP contribution in [0.3, 0.4) is 0 Å². The highest BCUT2D eigenvalue weighted by Gasteiger charge is 2.10. The van der Waals surface area contributed by atoms with Gasteiger partial charge in [-0.05, 0) is 32.4 Å². The summed E-state index contributed by atoms with van der Waals surface area (Å²) in [5, 5.41) is 3.90. The summed E-state index contributed by atoms with van der Waals surface area (Å²) >= 11 is 6.17. The molecule has 0 fully saturated rings. The number of hydrogen-bond donors (Lipinski definition) is 1. The second kappa shape index (κ2) is 9.20. The maximum absolute atomic E-state index is 6.17. The van der Waals surface area contributed by atoms with E-state index in [2.05, 4.69) is 31.1 Å². The molecule has 1 heterocycles. The molecule has 0 aliphatic carbocycles. The van der Waals surface area contributed by atoms with Crippen molar-refractivity contribution in [3.8, 4) is 5.88 Å². The lowest BCUT2D eigenvalue weighted by Crippen LogP contribution is -2.35. The van der Waals surface area contributed by atoms with Gasteiger partial charge < -0.3 is 19.5 Å². The van der Waals surface area contributed by atoms with Crippen LogP contribution < -0.4 is 10.1 Å². The molecule has 0 unspecified atom stereocenters. The van der Waals surface area contributed by atoms with Gasteiger partial charge >= 0.3 is 0 Å². The summed E-state index contributed by atoms with van der Waals surface area (Å²) in [5.74, 6) is 0.437. The molecular weight excluding hydrogens is 292 g/mol. The van der Waals surface area contributed by atoms with Crippen LogP contribution in [0.15, 0.2) is 12.3 Å². The maximum Gasteiger partial charge on any atom is 0.232 e. The molecule has 0 amide bonds. The molecule has 0 aromatic carbocycles. The quantitative estimate of drug-likeness (QED) is 0.710. The zero-order valence-corrected chi connectivity index (χ0v) is 14.0. The molecule has 120 valence electrons. The molecule has 0 saturated heterocycles. The Morgan fingerprint density at radius 3 is 2.52 bits per heavy atom. The number of aromatic nitrogens is 1. The van der Waals surface area contributed by atoms with Crippen molar-refractivity contribution in [1.82, 2.24) is 10.3 Å². The molecule has 0 bridgehead atoms. The Morgan fingerprint density at radius 1 is 1.19 bits per heavy atom. The average molecular weight is 317 g/mol. The average Bonchev–Trinajstić information content (AvgIpc) is 2.41. The summed E-state index contributed by atoms with van der Waals surface area (Å²) in [6, 6.07) is 1.87. The van der Waals surface area contributed by atoms with Gasteiger partial charge in [0, 0.05) is 25.4 Å². The van der Waals surface area contributed by atoms with Gasteiger partial charge in [0.05, 0.1) is 19.8 Å². The van der Waals surface area contributed by atoms with Gasteiger partial charge in [-0.15, -0.1) is 0 Å². The number of hydrogen-bond acceptors (Lipinski definition) is 5. The van der Waals surface area contributed by atoms with Gasteiger partial charge in [-0.1, -0.05) is 11.6 Å². The first-order valence-electron chi connectivity index (χ1n) is 7.01. The van der Waals surface area contributed by atoms with E-state index in [-0.39, 0.29) is 5.54 Å². The normalized spacial score (nSPS) is 11.7. The summed E-state index contributed by atoms with van der Waals surface area (Å²) in [7, 11) is 1.64. The monoisotopic (exact) mass is 316 g/mol. The first-order chi connectivity index (χ1) is 9.92. The van der Waals surface area contributed by atoms with Crippen molar-refractivity contribution in [1.29, 1.82) is 0 Å². The van der Waals surface area contributed by atoms with E-state index < -0.39 is 0 Å². The Bertz CT molecular complexity index is 422. The van der Waals surface area contributed by atoms with E-state index in [9.17, 15) is 0 Å². The summed E-state index contributed by atoms with van der Waals surface area (Å²) in [6.07, 6.45) is 1.77. The van der Waals surface area contributed by atoms with Gasteiger partial charge in [-0.3, -0.25) is 0 Å². The van der Waals surface area contributed by atoms with Gasteiger partial charge in [0.25, 0.3) is 0 Å². The van der Waals surface area contributed by atoms with Crippen molar-refractivity contribution in [3.63, 3.8) is 0 Å². The highest BCUT2D eigenvalue weighted by Crippen LogP contribution is 2.22. The summed E-state index contributed by atoms with van der Waals surface area (Å²) < 4.78 is 15.7. The van der Waals surface area contributed by atoms with Crippen LogP contribution >= 0.6 is 11.6 Å². The van der Waals surface area contributed by atoms with Crippen LogP contribution in [0.4, 0.5) is 0 Å². The molecule has 0 spiro atoms. The van der Waals surface area contributed by atoms with E-state index in [1.54, 1.807) is 13.3 Å². The topological polar surface area (TPSA) is 52.6 Å².